The summed E-state index contributed by atoms with van der Waals surface area (Å²) in [6.07, 6.45) is 1.72. The molecule has 0 bridgehead atoms. The monoisotopic (exact) mass is 353 g/mol. The van der Waals surface area contributed by atoms with Crippen molar-refractivity contribution in [2.75, 3.05) is 26.4 Å². The van der Waals surface area contributed by atoms with Gasteiger partial charge in [-0.3, -0.25) is 4.79 Å². The average molecular weight is 353 g/mol. The van der Waals surface area contributed by atoms with Crippen molar-refractivity contribution in [2.24, 2.45) is 0 Å². The van der Waals surface area contributed by atoms with E-state index in [1.807, 2.05) is 54.6 Å². The number of carbonyl (C=O) groups excluding carboxylic acids is 2. The van der Waals surface area contributed by atoms with Crippen LogP contribution in [0.1, 0.15) is 5.56 Å². The molecule has 6 nitrogen and oxygen atoms in total. The van der Waals surface area contributed by atoms with Crippen molar-refractivity contribution in [3.63, 3.8) is 0 Å². The molecule has 0 aromatic heterocycles. The zero-order chi connectivity index (χ0) is 18.2. The molecule has 0 saturated carbocycles. The molecule has 26 heavy (non-hydrogen) atoms. The Bertz CT molecular complexity index is 801. The lowest BCUT2D eigenvalue weighted by Crippen LogP contribution is -2.32. The summed E-state index contributed by atoms with van der Waals surface area (Å²) in [6, 6.07) is 16.7. The standard InChI is InChI=1S/C20H19NO5/c22-19(21-10-11-24-17-7-2-1-3-8-17)14-26-20(23)16-12-15-6-4-5-9-18(15)25-13-16/h1-9,12H,10-11,13-14H2,(H,21,22). The minimum absolute atomic E-state index is 0.127. The van der Waals surface area contributed by atoms with Crippen LogP contribution in [-0.2, 0) is 14.3 Å². The molecule has 2 aromatic rings. The van der Waals surface area contributed by atoms with E-state index < -0.39 is 5.97 Å². The van der Waals surface area contributed by atoms with Crippen LogP contribution in [0.5, 0.6) is 11.5 Å². The number of nitrogens with one attached hydrogen (secondary N) is 1. The van der Waals surface area contributed by atoms with Gasteiger partial charge >= 0.3 is 5.97 Å². The van der Waals surface area contributed by atoms with Crippen LogP contribution >= 0.6 is 0 Å². The fraction of sp³-hybridized carbons (Fsp3) is 0.200. The number of carbonyl (C=O) groups is 2. The fourth-order valence-electron chi connectivity index (χ4n) is 2.38. The first kappa shape index (κ1) is 17.5. The Hall–Kier alpha value is -3.28. The van der Waals surface area contributed by atoms with E-state index in [0.29, 0.717) is 18.7 Å². The van der Waals surface area contributed by atoms with E-state index in [9.17, 15) is 9.59 Å². The Labute approximate surface area is 151 Å². The third-order valence-electron chi connectivity index (χ3n) is 3.66. The van der Waals surface area contributed by atoms with Gasteiger partial charge in [0.15, 0.2) is 6.61 Å². The predicted molar refractivity (Wildman–Crippen MR) is 95.8 cm³/mol. The topological polar surface area (TPSA) is 73.9 Å². The number of ether oxygens (including phenoxy) is 3. The molecule has 1 aliphatic heterocycles. The predicted octanol–water partition coefficient (Wildman–Crippen LogP) is 2.20. The average Bonchev–Trinajstić information content (AvgIpc) is 2.70. The molecule has 2 aromatic carbocycles. The summed E-state index contributed by atoms with van der Waals surface area (Å²) < 4.78 is 16.0. The smallest absolute Gasteiger partial charge is 0.338 e. The van der Waals surface area contributed by atoms with Crippen molar-refractivity contribution in [1.29, 1.82) is 0 Å². The first-order valence-electron chi connectivity index (χ1n) is 8.26. The molecule has 1 aliphatic rings. The first-order valence-corrected chi connectivity index (χ1v) is 8.26. The molecule has 0 radical (unpaired) electrons. The highest BCUT2D eigenvalue weighted by atomic mass is 16.5. The van der Waals surface area contributed by atoms with Gasteiger partial charge in [-0.05, 0) is 24.3 Å². The van der Waals surface area contributed by atoms with Gasteiger partial charge in [-0.1, -0.05) is 36.4 Å². The zero-order valence-electron chi connectivity index (χ0n) is 14.1. The maximum absolute atomic E-state index is 12.1. The van der Waals surface area contributed by atoms with E-state index in [4.69, 9.17) is 14.2 Å². The van der Waals surface area contributed by atoms with E-state index in [1.165, 1.54) is 0 Å². The van der Waals surface area contributed by atoms with Gasteiger partial charge in [0.05, 0.1) is 12.1 Å². The van der Waals surface area contributed by atoms with Crippen molar-refractivity contribution in [2.45, 2.75) is 0 Å². The zero-order valence-corrected chi connectivity index (χ0v) is 14.1. The molecule has 6 heteroatoms. The Kier molecular flexibility index (Phi) is 5.88. The number of para-hydroxylation sites is 2. The minimum atomic E-state index is -0.560. The van der Waals surface area contributed by atoms with Crippen molar-refractivity contribution >= 4 is 18.0 Å². The van der Waals surface area contributed by atoms with Gasteiger partial charge in [0.1, 0.15) is 24.7 Å². The third kappa shape index (κ3) is 4.86. The van der Waals surface area contributed by atoms with Crippen LogP contribution in [0.3, 0.4) is 0 Å². The second-order valence-electron chi connectivity index (χ2n) is 5.58. The Morgan fingerprint density at radius 3 is 2.65 bits per heavy atom. The van der Waals surface area contributed by atoms with Gasteiger partial charge in [-0.25, -0.2) is 4.79 Å². The van der Waals surface area contributed by atoms with Crippen molar-refractivity contribution in [3.8, 4) is 11.5 Å². The molecule has 134 valence electrons. The summed E-state index contributed by atoms with van der Waals surface area (Å²) in [5, 5.41) is 2.63. The summed E-state index contributed by atoms with van der Waals surface area (Å²) in [7, 11) is 0. The fourth-order valence-corrected chi connectivity index (χ4v) is 2.38. The first-order chi connectivity index (χ1) is 12.7. The van der Waals surface area contributed by atoms with Gasteiger partial charge < -0.3 is 19.5 Å². The van der Waals surface area contributed by atoms with Gasteiger partial charge in [0.25, 0.3) is 5.91 Å². The molecule has 1 heterocycles. The largest absolute Gasteiger partial charge is 0.492 e. The van der Waals surface area contributed by atoms with Gasteiger partial charge in [-0.15, -0.1) is 0 Å². The second-order valence-corrected chi connectivity index (χ2v) is 5.58. The van der Waals surface area contributed by atoms with E-state index in [-0.39, 0.29) is 19.1 Å². The molecule has 1 amide bonds. The van der Waals surface area contributed by atoms with Crippen molar-refractivity contribution < 1.29 is 23.8 Å². The maximum atomic E-state index is 12.1. The van der Waals surface area contributed by atoms with Crippen LogP contribution in [0.2, 0.25) is 0 Å². The molecule has 0 aliphatic carbocycles. The number of fused-ring (bicyclic) bond motifs is 1. The molecular weight excluding hydrogens is 334 g/mol. The van der Waals surface area contributed by atoms with E-state index >= 15 is 0 Å². The number of esters is 1. The lowest BCUT2D eigenvalue weighted by molar-refractivity contribution is -0.145. The van der Waals surface area contributed by atoms with Crippen LogP contribution in [0, 0.1) is 0 Å². The number of benzene rings is 2. The highest BCUT2D eigenvalue weighted by Crippen LogP contribution is 2.25. The Morgan fingerprint density at radius 2 is 1.81 bits per heavy atom. The summed E-state index contributed by atoms with van der Waals surface area (Å²) in [6.45, 7) is 0.440. The Morgan fingerprint density at radius 1 is 1.04 bits per heavy atom. The molecular formula is C20H19NO5. The van der Waals surface area contributed by atoms with E-state index in [0.717, 1.165) is 17.1 Å². The molecule has 0 fully saturated rings. The lowest BCUT2D eigenvalue weighted by Gasteiger charge is -2.16. The molecule has 0 saturated heterocycles. The normalized spacial score (nSPS) is 12.2. The molecule has 0 spiro atoms. The lowest BCUT2D eigenvalue weighted by atomic mass is 10.1. The van der Waals surface area contributed by atoms with Crippen LogP contribution in [0.15, 0.2) is 60.2 Å². The molecule has 1 N–H and O–H groups in total. The van der Waals surface area contributed by atoms with Crippen LogP contribution < -0.4 is 14.8 Å². The number of hydrogen-bond acceptors (Lipinski definition) is 5. The number of rotatable bonds is 7. The maximum Gasteiger partial charge on any atom is 0.338 e. The summed E-state index contributed by atoms with van der Waals surface area (Å²) >= 11 is 0. The van der Waals surface area contributed by atoms with Crippen molar-refractivity contribution in [3.05, 3.63) is 65.7 Å². The number of hydrogen-bond donors (Lipinski definition) is 1. The Balaban J connectivity index is 1.38. The molecule has 0 atom stereocenters. The second kappa shape index (κ2) is 8.71. The van der Waals surface area contributed by atoms with Crippen LogP contribution in [0.4, 0.5) is 0 Å². The SMILES string of the molecule is O=C(COC(=O)C1=Cc2ccccc2OC1)NCCOc1ccccc1. The minimum Gasteiger partial charge on any atom is -0.492 e. The quantitative estimate of drug-likeness (QED) is 0.610. The summed E-state index contributed by atoms with van der Waals surface area (Å²) in [5.74, 6) is 0.515. The van der Waals surface area contributed by atoms with Crippen LogP contribution in [-0.4, -0.2) is 38.2 Å². The molecule has 0 unspecified atom stereocenters. The summed E-state index contributed by atoms with van der Waals surface area (Å²) in [4.78, 5) is 23.8. The van der Waals surface area contributed by atoms with E-state index in [2.05, 4.69) is 5.32 Å². The third-order valence-corrected chi connectivity index (χ3v) is 3.66. The highest BCUT2D eigenvalue weighted by molar-refractivity contribution is 5.96. The van der Waals surface area contributed by atoms with Gasteiger partial charge in [-0.2, -0.15) is 0 Å². The van der Waals surface area contributed by atoms with Gasteiger partial charge in [0, 0.05) is 5.56 Å². The molecule has 3 rings (SSSR count). The number of amides is 1. The van der Waals surface area contributed by atoms with Crippen molar-refractivity contribution in [1.82, 2.24) is 5.32 Å². The highest BCUT2D eigenvalue weighted by Gasteiger charge is 2.18. The van der Waals surface area contributed by atoms with E-state index in [1.54, 1.807) is 6.08 Å². The van der Waals surface area contributed by atoms with Gasteiger partial charge in [0.2, 0.25) is 0 Å². The summed E-state index contributed by atoms with van der Waals surface area (Å²) in [5.41, 5.74) is 1.19. The van der Waals surface area contributed by atoms with Crippen LogP contribution in [0.25, 0.3) is 6.08 Å².